The van der Waals surface area contributed by atoms with Crippen molar-refractivity contribution in [2.75, 3.05) is 13.4 Å². The molecule has 0 aliphatic rings. The van der Waals surface area contributed by atoms with Crippen LogP contribution in [0.5, 0.6) is 0 Å². The van der Waals surface area contributed by atoms with Gasteiger partial charge in [-0.25, -0.2) is 4.79 Å². The lowest BCUT2D eigenvalue weighted by Crippen LogP contribution is -2.00. The summed E-state index contributed by atoms with van der Waals surface area (Å²) in [5.41, 5.74) is 1.47. The van der Waals surface area contributed by atoms with Crippen LogP contribution in [0, 0.1) is 6.92 Å². The number of carbonyl (C=O) groups excluding carboxylic acids is 1. The number of thioether (sulfide) groups is 1. The quantitative estimate of drug-likeness (QED) is 0.564. The summed E-state index contributed by atoms with van der Waals surface area (Å²) in [5, 5.41) is 0.980. The van der Waals surface area contributed by atoms with E-state index in [0.717, 1.165) is 10.7 Å². The van der Waals surface area contributed by atoms with Crippen LogP contribution in [-0.4, -0.2) is 24.3 Å². The van der Waals surface area contributed by atoms with Crippen LogP contribution in [0.25, 0.3) is 0 Å². The van der Waals surface area contributed by atoms with Crippen LogP contribution in [-0.2, 0) is 4.74 Å². The second-order valence-electron chi connectivity index (χ2n) is 2.37. The van der Waals surface area contributed by atoms with Crippen LogP contribution in [0.15, 0.2) is 11.1 Å². The molecule has 1 aromatic rings. The van der Waals surface area contributed by atoms with E-state index >= 15 is 0 Å². The van der Waals surface area contributed by atoms with Gasteiger partial charge in [-0.2, -0.15) is 0 Å². The summed E-state index contributed by atoms with van der Waals surface area (Å²) in [6, 6.07) is 1.80. The number of hydrogen-bond acceptors (Lipinski definition) is 3. The Morgan fingerprint density at radius 2 is 2.33 bits per heavy atom. The molecule has 0 saturated heterocycles. The van der Waals surface area contributed by atoms with Crippen molar-refractivity contribution in [1.29, 1.82) is 0 Å². The molecule has 0 aliphatic heterocycles. The summed E-state index contributed by atoms with van der Waals surface area (Å²) in [7, 11) is 1.38. The van der Waals surface area contributed by atoms with Crippen molar-refractivity contribution >= 4 is 17.7 Å². The Morgan fingerprint density at radius 1 is 1.67 bits per heavy atom. The molecule has 1 rings (SSSR count). The molecule has 3 nitrogen and oxygen atoms in total. The Hall–Kier alpha value is -0.900. The number of aromatic nitrogens is 1. The normalized spacial score (nSPS) is 9.92. The van der Waals surface area contributed by atoms with Gasteiger partial charge in [0.25, 0.3) is 0 Å². The number of carbonyl (C=O) groups is 1. The molecule has 1 heterocycles. The van der Waals surface area contributed by atoms with Gasteiger partial charge in [0, 0.05) is 5.69 Å². The molecule has 0 radical (unpaired) electrons. The van der Waals surface area contributed by atoms with Gasteiger partial charge in [-0.15, -0.1) is 11.8 Å². The standard InChI is InChI=1S/C8H11NO2S/c1-5-6(8(10)11-2)4-7(9-5)12-3/h4,9H,1-3H3. The largest absolute Gasteiger partial charge is 0.465 e. The molecule has 1 aromatic heterocycles. The second kappa shape index (κ2) is 3.67. The van der Waals surface area contributed by atoms with E-state index in [1.807, 2.05) is 13.2 Å². The van der Waals surface area contributed by atoms with Gasteiger partial charge in [-0.1, -0.05) is 0 Å². The topological polar surface area (TPSA) is 42.1 Å². The highest BCUT2D eigenvalue weighted by Gasteiger charge is 2.11. The molecular weight excluding hydrogens is 174 g/mol. The molecule has 0 spiro atoms. The Balaban J connectivity index is 2.99. The van der Waals surface area contributed by atoms with Crippen LogP contribution < -0.4 is 0 Å². The number of esters is 1. The van der Waals surface area contributed by atoms with Crippen molar-refractivity contribution in [1.82, 2.24) is 4.98 Å². The minimum absolute atomic E-state index is 0.288. The zero-order valence-electron chi connectivity index (χ0n) is 7.30. The number of aromatic amines is 1. The molecule has 66 valence electrons. The van der Waals surface area contributed by atoms with Gasteiger partial charge in [-0.05, 0) is 19.2 Å². The van der Waals surface area contributed by atoms with Crippen molar-refractivity contribution in [3.63, 3.8) is 0 Å². The third-order valence-corrected chi connectivity index (χ3v) is 2.28. The maximum atomic E-state index is 11.1. The number of hydrogen-bond donors (Lipinski definition) is 1. The first kappa shape index (κ1) is 9.19. The van der Waals surface area contributed by atoms with Crippen molar-refractivity contribution in [2.45, 2.75) is 11.9 Å². The summed E-state index contributed by atoms with van der Waals surface area (Å²) >= 11 is 1.57. The van der Waals surface area contributed by atoms with Gasteiger partial charge in [0.2, 0.25) is 0 Å². The van der Waals surface area contributed by atoms with Gasteiger partial charge in [-0.3, -0.25) is 0 Å². The number of methoxy groups -OCH3 is 1. The minimum Gasteiger partial charge on any atom is -0.465 e. The monoisotopic (exact) mass is 185 g/mol. The second-order valence-corrected chi connectivity index (χ2v) is 3.22. The predicted octanol–water partition coefficient (Wildman–Crippen LogP) is 1.83. The first-order valence-corrected chi connectivity index (χ1v) is 4.73. The molecule has 1 N–H and O–H groups in total. The van der Waals surface area contributed by atoms with Gasteiger partial charge < -0.3 is 9.72 Å². The molecule has 0 saturated carbocycles. The first-order valence-electron chi connectivity index (χ1n) is 3.51. The molecule has 0 fully saturated rings. The highest BCUT2D eigenvalue weighted by atomic mass is 32.2. The van der Waals surface area contributed by atoms with Gasteiger partial charge in [0.1, 0.15) is 0 Å². The van der Waals surface area contributed by atoms with Gasteiger partial charge in [0.05, 0.1) is 17.7 Å². The van der Waals surface area contributed by atoms with Gasteiger partial charge in [0.15, 0.2) is 0 Å². The van der Waals surface area contributed by atoms with E-state index in [4.69, 9.17) is 0 Å². The van der Waals surface area contributed by atoms with Crippen molar-refractivity contribution in [3.8, 4) is 0 Å². The fraction of sp³-hybridized carbons (Fsp3) is 0.375. The smallest absolute Gasteiger partial charge is 0.339 e. The predicted molar refractivity (Wildman–Crippen MR) is 48.7 cm³/mol. The lowest BCUT2D eigenvalue weighted by atomic mass is 10.3. The van der Waals surface area contributed by atoms with E-state index in [9.17, 15) is 4.79 Å². The number of nitrogens with one attached hydrogen (secondary N) is 1. The molecule has 0 unspecified atom stereocenters. The van der Waals surface area contributed by atoms with E-state index in [1.54, 1.807) is 17.8 Å². The van der Waals surface area contributed by atoms with E-state index in [1.165, 1.54) is 7.11 Å². The molecule has 0 bridgehead atoms. The van der Waals surface area contributed by atoms with E-state index < -0.39 is 0 Å². The van der Waals surface area contributed by atoms with Crippen LogP contribution in [0.1, 0.15) is 16.1 Å². The van der Waals surface area contributed by atoms with Crippen LogP contribution in [0.3, 0.4) is 0 Å². The van der Waals surface area contributed by atoms with Crippen molar-refractivity contribution in [3.05, 3.63) is 17.3 Å². The Kier molecular flexibility index (Phi) is 2.81. The molecule has 0 aromatic carbocycles. The summed E-state index contributed by atoms with van der Waals surface area (Å²) in [6.07, 6.45) is 1.95. The Labute approximate surface area is 75.5 Å². The lowest BCUT2D eigenvalue weighted by molar-refractivity contribution is 0.0600. The summed E-state index contributed by atoms with van der Waals surface area (Å²) in [4.78, 5) is 14.2. The minimum atomic E-state index is -0.288. The number of H-pyrrole nitrogens is 1. The molecule has 0 amide bonds. The van der Waals surface area contributed by atoms with Crippen molar-refractivity contribution < 1.29 is 9.53 Å². The zero-order valence-corrected chi connectivity index (χ0v) is 8.12. The SMILES string of the molecule is COC(=O)c1cc(SC)[nH]c1C. The molecule has 0 atom stereocenters. The van der Waals surface area contributed by atoms with Gasteiger partial charge >= 0.3 is 5.97 Å². The third-order valence-electron chi connectivity index (χ3n) is 1.62. The fourth-order valence-electron chi connectivity index (χ4n) is 0.959. The molecule has 4 heteroatoms. The van der Waals surface area contributed by atoms with E-state index in [-0.39, 0.29) is 5.97 Å². The zero-order chi connectivity index (χ0) is 9.14. The Bertz CT molecular complexity index is 293. The molecular formula is C8H11NO2S. The fourth-order valence-corrected chi connectivity index (χ4v) is 1.45. The maximum Gasteiger partial charge on any atom is 0.339 e. The number of aryl methyl sites for hydroxylation is 1. The summed E-state index contributed by atoms with van der Waals surface area (Å²) in [6.45, 7) is 1.85. The lowest BCUT2D eigenvalue weighted by Gasteiger charge is -1.94. The number of rotatable bonds is 2. The summed E-state index contributed by atoms with van der Waals surface area (Å²) in [5.74, 6) is -0.288. The highest BCUT2D eigenvalue weighted by Crippen LogP contribution is 2.18. The molecule has 0 aliphatic carbocycles. The first-order chi connectivity index (χ1) is 5.69. The van der Waals surface area contributed by atoms with E-state index in [0.29, 0.717) is 5.56 Å². The average Bonchev–Trinajstić information content (AvgIpc) is 2.45. The maximum absolute atomic E-state index is 11.1. The third kappa shape index (κ3) is 1.64. The van der Waals surface area contributed by atoms with E-state index in [2.05, 4.69) is 9.72 Å². The average molecular weight is 185 g/mol. The van der Waals surface area contributed by atoms with Crippen LogP contribution >= 0.6 is 11.8 Å². The molecule has 12 heavy (non-hydrogen) atoms. The number of ether oxygens (including phenoxy) is 1. The van der Waals surface area contributed by atoms with Crippen LogP contribution in [0.2, 0.25) is 0 Å². The summed E-state index contributed by atoms with van der Waals surface area (Å²) < 4.78 is 4.61. The Morgan fingerprint density at radius 3 is 2.75 bits per heavy atom. The highest BCUT2D eigenvalue weighted by molar-refractivity contribution is 7.98. The van der Waals surface area contributed by atoms with Crippen molar-refractivity contribution in [2.24, 2.45) is 0 Å². The van der Waals surface area contributed by atoms with Crippen LogP contribution in [0.4, 0.5) is 0 Å².